The Morgan fingerprint density at radius 3 is 2.34 bits per heavy atom. The van der Waals surface area contributed by atoms with Gasteiger partial charge in [-0.05, 0) is 61.8 Å². The molecule has 0 aromatic heterocycles. The molecule has 1 aliphatic heterocycles. The van der Waals surface area contributed by atoms with E-state index in [1.165, 1.54) is 5.56 Å². The first kappa shape index (κ1) is 21.9. The first-order chi connectivity index (χ1) is 15.4. The summed E-state index contributed by atoms with van der Waals surface area (Å²) in [6.45, 7) is 1.37. The molecule has 168 valence electrons. The molecule has 7 nitrogen and oxygen atoms in total. The smallest absolute Gasteiger partial charge is 0.325 e. The van der Waals surface area contributed by atoms with Crippen molar-refractivity contribution in [2.75, 3.05) is 13.7 Å². The Bertz CT molecular complexity index is 984. The van der Waals surface area contributed by atoms with Crippen LogP contribution in [-0.2, 0) is 15.1 Å². The molecule has 2 N–H and O–H groups in total. The Morgan fingerprint density at radius 2 is 1.72 bits per heavy atom. The molecule has 2 aromatic rings. The normalized spacial score (nSPS) is 25.4. The van der Waals surface area contributed by atoms with Gasteiger partial charge in [0.15, 0.2) is 0 Å². The molecule has 7 heteroatoms. The summed E-state index contributed by atoms with van der Waals surface area (Å²) < 4.78 is 5.15. The van der Waals surface area contributed by atoms with Gasteiger partial charge in [-0.25, -0.2) is 4.79 Å². The summed E-state index contributed by atoms with van der Waals surface area (Å²) >= 11 is 0. The van der Waals surface area contributed by atoms with Crippen LogP contribution in [-0.4, -0.2) is 42.4 Å². The maximum Gasteiger partial charge on any atom is 0.325 e. The number of hydrogen-bond donors (Lipinski definition) is 2. The van der Waals surface area contributed by atoms with Gasteiger partial charge in [0.05, 0.1) is 7.11 Å². The lowest BCUT2D eigenvalue weighted by atomic mass is 9.82. The number of hydrogen-bond acceptors (Lipinski definition) is 4. The van der Waals surface area contributed by atoms with Crippen molar-refractivity contribution in [2.24, 2.45) is 0 Å². The zero-order valence-corrected chi connectivity index (χ0v) is 18.5. The van der Waals surface area contributed by atoms with E-state index in [9.17, 15) is 14.4 Å². The fourth-order valence-electron chi connectivity index (χ4n) is 4.67. The Morgan fingerprint density at radius 1 is 1.06 bits per heavy atom. The first-order valence-electron chi connectivity index (χ1n) is 11.0. The van der Waals surface area contributed by atoms with E-state index in [2.05, 4.69) is 34.9 Å². The molecular weight excluding hydrogens is 406 g/mol. The van der Waals surface area contributed by atoms with Crippen LogP contribution >= 0.6 is 0 Å². The van der Waals surface area contributed by atoms with Gasteiger partial charge in [0, 0.05) is 6.04 Å². The van der Waals surface area contributed by atoms with Crippen LogP contribution < -0.4 is 15.4 Å². The van der Waals surface area contributed by atoms with Crippen LogP contribution in [0.15, 0.2) is 54.6 Å². The van der Waals surface area contributed by atoms with Gasteiger partial charge in [-0.1, -0.05) is 42.5 Å². The summed E-state index contributed by atoms with van der Waals surface area (Å²) in [5, 5.41) is 5.75. The van der Waals surface area contributed by atoms with Crippen molar-refractivity contribution in [3.8, 4) is 5.75 Å². The van der Waals surface area contributed by atoms with Crippen molar-refractivity contribution in [3.05, 3.63) is 65.7 Å². The van der Waals surface area contributed by atoms with E-state index in [1.54, 1.807) is 38.3 Å². The molecule has 1 atom stereocenters. The number of imide groups is 1. The third kappa shape index (κ3) is 4.33. The monoisotopic (exact) mass is 435 g/mol. The van der Waals surface area contributed by atoms with E-state index in [0.29, 0.717) is 17.2 Å². The lowest BCUT2D eigenvalue weighted by Gasteiger charge is -2.29. The molecule has 0 bridgehead atoms. The Balaban J connectivity index is 1.33. The van der Waals surface area contributed by atoms with Crippen LogP contribution in [0, 0.1) is 0 Å². The molecule has 0 radical (unpaired) electrons. The van der Waals surface area contributed by atoms with Gasteiger partial charge in [-0.15, -0.1) is 0 Å². The minimum atomic E-state index is -1.21. The van der Waals surface area contributed by atoms with E-state index >= 15 is 0 Å². The zero-order valence-electron chi connectivity index (χ0n) is 18.5. The highest BCUT2D eigenvalue weighted by Crippen LogP contribution is 2.33. The summed E-state index contributed by atoms with van der Waals surface area (Å²) in [5.41, 5.74) is 0.769. The van der Waals surface area contributed by atoms with Crippen molar-refractivity contribution < 1.29 is 19.1 Å². The number of urea groups is 1. The fourth-order valence-corrected chi connectivity index (χ4v) is 4.67. The van der Waals surface area contributed by atoms with Crippen LogP contribution in [0.3, 0.4) is 0 Å². The number of carbonyl (C=O) groups is 3. The maximum absolute atomic E-state index is 13.1. The molecule has 32 heavy (non-hydrogen) atoms. The number of nitrogens with zero attached hydrogens (tertiary/aromatic N) is 1. The van der Waals surface area contributed by atoms with Crippen LogP contribution in [0.25, 0.3) is 0 Å². The van der Waals surface area contributed by atoms with Crippen LogP contribution in [0.2, 0.25) is 0 Å². The van der Waals surface area contributed by atoms with Crippen LogP contribution in [0.5, 0.6) is 5.75 Å². The van der Waals surface area contributed by atoms with Crippen LogP contribution in [0.1, 0.15) is 49.7 Å². The summed E-state index contributed by atoms with van der Waals surface area (Å²) in [6.07, 6.45) is 3.78. The van der Waals surface area contributed by atoms with E-state index in [4.69, 9.17) is 4.74 Å². The van der Waals surface area contributed by atoms with Gasteiger partial charge in [-0.3, -0.25) is 14.5 Å². The molecular formula is C25H29N3O4. The van der Waals surface area contributed by atoms with Gasteiger partial charge < -0.3 is 15.4 Å². The molecule has 4 rings (SSSR count). The summed E-state index contributed by atoms with van der Waals surface area (Å²) in [7, 11) is 1.56. The topological polar surface area (TPSA) is 87.7 Å². The molecule has 0 spiro atoms. The summed E-state index contributed by atoms with van der Waals surface area (Å²) in [5.74, 6) is 0.430. The summed E-state index contributed by atoms with van der Waals surface area (Å²) in [6, 6.07) is 16.9. The van der Waals surface area contributed by atoms with Crippen molar-refractivity contribution in [3.63, 3.8) is 0 Å². The Hall–Kier alpha value is -3.35. The van der Waals surface area contributed by atoms with E-state index < -0.39 is 17.5 Å². The molecule has 2 fully saturated rings. The molecule has 4 amide bonds. The number of carbonyl (C=O) groups excluding carboxylic acids is 3. The Labute approximate surface area is 188 Å². The zero-order chi connectivity index (χ0) is 22.7. The highest BCUT2D eigenvalue weighted by Gasteiger charge is 2.49. The number of amides is 4. The van der Waals surface area contributed by atoms with Gasteiger partial charge in [-0.2, -0.15) is 0 Å². The second-order valence-corrected chi connectivity index (χ2v) is 8.70. The number of nitrogens with one attached hydrogen (secondary N) is 2. The maximum atomic E-state index is 13.1. The molecule has 2 aliphatic rings. The molecule has 1 saturated heterocycles. The second kappa shape index (κ2) is 9.02. The van der Waals surface area contributed by atoms with Crippen molar-refractivity contribution >= 4 is 17.8 Å². The standard InChI is InChI=1S/C25H29N3O4/c1-25(19-10-14-21(32-2)15-11-19)23(30)28(24(31)27-25)16-22(29)26-20-12-8-18(9-13-20)17-6-4-3-5-7-17/h3-7,10-11,14-15,18,20H,8-9,12-13,16H2,1-2H3,(H,26,29)(H,27,31). The number of benzene rings is 2. The predicted molar refractivity (Wildman–Crippen MR) is 120 cm³/mol. The lowest BCUT2D eigenvalue weighted by Crippen LogP contribution is -2.46. The minimum Gasteiger partial charge on any atom is -0.497 e. The van der Waals surface area contributed by atoms with E-state index in [1.807, 2.05) is 6.07 Å². The lowest BCUT2D eigenvalue weighted by molar-refractivity contribution is -0.135. The average molecular weight is 436 g/mol. The molecule has 1 saturated carbocycles. The van der Waals surface area contributed by atoms with Gasteiger partial charge >= 0.3 is 6.03 Å². The minimum absolute atomic E-state index is 0.0659. The molecule has 2 aromatic carbocycles. The third-order valence-electron chi connectivity index (χ3n) is 6.61. The second-order valence-electron chi connectivity index (χ2n) is 8.70. The average Bonchev–Trinajstić information content (AvgIpc) is 3.04. The van der Waals surface area contributed by atoms with Crippen molar-refractivity contribution in [2.45, 2.75) is 50.1 Å². The SMILES string of the molecule is COc1ccc(C2(C)NC(=O)N(CC(=O)NC3CCC(c4ccccc4)CC3)C2=O)cc1. The first-order valence-corrected chi connectivity index (χ1v) is 11.0. The highest BCUT2D eigenvalue weighted by molar-refractivity contribution is 6.09. The number of rotatable bonds is 6. The molecule has 1 unspecified atom stereocenters. The van der Waals surface area contributed by atoms with E-state index in [0.717, 1.165) is 30.6 Å². The van der Waals surface area contributed by atoms with Gasteiger partial charge in [0.25, 0.3) is 5.91 Å². The van der Waals surface area contributed by atoms with Crippen molar-refractivity contribution in [1.82, 2.24) is 15.5 Å². The van der Waals surface area contributed by atoms with E-state index in [-0.39, 0.29) is 18.5 Å². The number of ether oxygens (including phenoxy) is 1. The Kier molecular flexibility index (Phi) is 6.17. The fraction of sp³-hybridized carbons (Fsp3) is 0.400. The third-order valence-corrected chi connectivity index (χ3v) is 6.61. The summed E-state index contributed by atoms with van der Waals surface area (Å²) in [4.78, 5) is 39.2. The molecule has 1 aliphatic carbocycles. The largest absolute Gasteiger partial charge is 0.497 e. The van der Waals surface area contributed by atoms with Crippen molar-refractivity contribution in [1.29, 1.82) is 0 Å². The molecule has 1 heterocycles. The highest BCUT2D eigenvalue weighted by atomic mass is 16.5. The number of methoxy groups -OCH3 is 1. The predicted octanol–water partition coefficient (Wildman–Crippen LogP) is 3.30. The van der Waals surface area contributed by atoms with Crippen LogP contribution in [0.4, 0.5) is 4.79 Å². The quantitative estimate of drug-likeness (QED) is 0.682. The van der Waals surface area contributed by atoms with Gasteiger partial charge in [0.1, 0.15) is 17.8 Å². The van der Waals surface area contributed by atoms with Gasteiger partial charge in [0.2, 0.25) is 5.91 Å².